The second-order valence-electron chi connectivity index (χ2n) is 4.01. The monoisotopic (exact) mass is 252 g/mol. The van der Waals surface area contributed by atoms with Crippen molar-refractivity contribution >= 4 is 28.2 Å². The molecule has 0 bridgehead atoms. The fraction of sp³-hybridized carbons (Fsp3) is 0.308. The van der Waals surface area contributed by atoms with Crippen molar-refractivity contribution in [3.8, 4) is 0 Å². The molecule has 0 saturated heterocycles. The molecule has 2 rings (SSSR count). The van der Waals surface area contributed by atoms with Gasteiger partial charge in [-0.15, -0.1) is 0 Å². The number of hydrogen-bond acceptors (Lipinski definition) is 2. The topological polar surface area (TPSA) is 24.9 Å². The molecule has 1 N–H and O–H groups in total. The highest BCUT2D eigenvalue weighted by molar-refractivity contribution is 6.31. The van der Waals surface area contributed by atoms with E-state index in [-0.39, 0.29) is 5.82 Å². The molecular formula is C13H14ClFN2. The molecule has 2 aromatic rings. The summed E-state index contributed by atoms with van der Waals surface area (Å²) in [5.41, 5.74) is 3.14. The number of nitrogens with one attached hydrogen (secondary N) is 1. The predicted molar refractivity (Wildman–Crippen MR) is 70.3 cm³/mol. The van der Waals surface area contributed by atoms with Crippen molar-refractivity contribution in [1.29, 1.82) is 0 Å². The molecule has 0 radical (unpaired) electrons. The van der Waals surface area contributed by atoms with Crippen molar-refractivity contribution in [2.75, 3.05) is 11.9 Å². The van der Waals surface area contributed by atoms with Crippen LogP contribution in [0.5, 0.6) is 0 Å². The van der Waals surface area contributed by atoms with E-state index in [0.29, 0.717) is 10.5 Å². The fourth-order valence-electron chi connectivity index (χ4n) is 1.91. The number of benzene rings is 1. The van der Waals surface area contributed by atoms with Gasteiger partial charge in [0.1, 0.15) is 5.52 Å². The predicted octanol–water partition coefficient (Wildman–Crippen LogP) is 4.08. The van der Waals surface area contributed by atoms with Crippen molar-refractivity contribution in [1.82, 2.24) is 4.98 Å². The Kier molecular flexibility index (Phi) is 3.20. The average molecular weight is 253 g/mol. The number of fused-ring (bicyclic) bond motifs is 1. The van der Waals surface area contributed by atoms with Crippen LogP contribution in [0.4, 0.5) is 10.1 Å². The first-order valence-electron chi connectivity index (χ1n) is 5.54. The lowest BCUT2D eigenvalue weighted by atomic mass is 10.1. The number of pyridine rings is 1. The molecule has 0 aliphatic heterocycles. The summed E-state index contributed by atoms with van der Waals surface area (Å²) in [5.74, 6) is -0.380. The van der Waals surface area contributed by atoms with Gasteiger partial charge in [-0.2, -0.15) is 0 Å². The van der Waals surface area contributed by atoms with Gasteiger partial charge in [0, 0.05) is 28.3 Å². The van der Waals surface area contributed by atoms with Gasteiger partial charge in [0.05, 0.1) is 0 Å². The van der Waals surface area contributed by atoms with Crippen LogP contribution in [0.15, 0.2) is 12.1 Å². The third kappa shape index (κ3) is 2.07. The standard InChI is InChI=1S/C13H14ClFN2/c1-4-16-12-7(2)8(3)17-13-10(12)5-9(14)6-11(13)15/h5-6H,4H2,1-3H3,(H,16,17). The van der Waals surface area contributed by atoms with Crippen molar-refractivity contribution in [3.05, 3.63) is 34.2 Å². The lowest BCUT2D eigenvalue weighted by molar-refractivity contribution is 0.636. The molecule has 1 heterocycles. The van der Waals surface area contributed by atoms with E-state index in [1.54, 1.807) is 6.07 Å². The minimum absolute atomic E-state index is 0.369. The van der Waals surface area contributed by atoms with Crippen LogP contribution in [0.3, 0.4) is 0 Å². The van der Waals surface area contributed by atoms with Gasteiger partial charge in [-0.1, -0.05) is 11.6 Å². The number of anilines is 1. The summed E-state index contributed by atoms with van der Waals surface area (Å²) < 4.78 is 13.8. The molecule has 0 aliphatic carbocycles. The summed E-state index contributed by atoms with van der Waals surface area (Å²) in [7, 11) is 0. The number of halogens is 2. The molecule has 0 aliphatic rings. The van der Waals surface area contributed by atoms with Crippen LogP contribution in [0, 0.1) is 19.7 Å². The van der Waals surface area contributed by atoms with Gasteiger partial charge < -0.3 is 5.32 Å². The van der Waals surface area contributed by atoms with E-state index in [4.69, 9.17) is 11.6 Å². The number of nitrogens with zero attached hydrogens (tertiary/aromatic N) is 1. The third-order valence-electron chi connectivity index (χ3n) is 2.85. The van der Waals surface area contributed by atoms with Crippen LogP contribution in [0.25, 0.3) is 10.9 Å². The molecule has 1 aromatic carbocycles. The summed E-state index contributed by atoms with van der Waals surface area (Å²) in [5, 5.41) is 4.37. The van der Waals surface area contributed by atoms with Gasteiger partial charge in [-0.3, -0.25) is 0 Å². The molecule has 1 aromatic heterocycles. The Morgan fingerprint density at radius 1 is 1.35 bits per heavy atom. The SMILES string of the molecule is CCNc1c(C)c(C)nc2c(F)cc(Cl)cc12. The molecule has 17 heavy (non-hydrogen) atoms. The quantitative estimate of drug-likeness (QED) is 0.871. The highest BCUT2D eigenvalue weighted by atomic mass is 35.5. The summed E-state index contributed by atoms with van der Waals surface area (Å²) in [6.07, 6.45) is 0. The molecule has 0 atom stereocenters. The van der Waals surface area contributed by atoms with Crippen LogP contribution in [0.1, 0.15) is 18.2 Å². The van der Waals surface area contributed by atoms with Gasteiger partial charge in [-0.05, 0) is 38.5 Å². The van der Waals surface area contributed by atoms with E-state index in [1.165, 1.54) is 6.07 Å². The summed E-state index contributed by atoms with van der Waals surface area (Å²) >= 11 is 5.89. The smallest absolute Gasteiger partial charge is 0.150 e. The van der Waals surface area contributed by atoms with Gasteiger partial charge in [0.25, 0.3) is 0 Å². The lowest BCUT2D eigenvalue weighted by Gasteiger charge is -2.14. The largest absolute Gasteiger partial charge is 0.385 e. The Hall–Kier alpha value is -1.35. The maximum absolute atomic E-state index is 13.8. The van der Waals surface area contributed by atoms with Crippen molar-refractivity contribution in [2.45, 2.75) is 20.8 Å². The van der Waals surface area contributed by atoms with Gasteiger partial charge >= 0.3 is 0 Å². The lowest BCUT2D eigenvalue weighted by Crippen LogP contribution is -2.03. The van der Waals surface area contributed by atoms with E-state index >= 15 is 0 Å². The zero-order valence-electron chi connectivity index (χ0n) is 10.1. The highest BCUT2D eigenvalue weighted by Gasteiger charge is 2.12. The molecule has 0 spiro atoms. The van der Waals surface area contributed by atoms with Crippen molar-refractivity contribution in [3.63, 3.8) is 0 Å². The van der Waals surface area contributed by atoms with Crippen LogP contribution >= 0.6 is 11.6 Å². The maximum Gasteiger partial charge on any atom is 0.150 e. The molecule has 4 heteroatoms. The van der Waals surface area contributed by atoms with Gasteiger partial charge in [0.15, 0.2) is 5.82 Å². The summed E-state index contributed by atoms with van der Waals surface area (Å²) in [6.45, 7) is 6.62. The van der Waals surface area contributed by atoms with E-state index in [9.17, 15) is 4.39 Å². The van der Waals surface area contributed by atoms with E-state index in [0.717, 1.165) is 28.9 Å². The highest BCUT2D eigenvalue weighted by Crippen LogP contribution is 2.31. The number of hydrogen-bond donors (Lipinski definition) is 1. The number of aromatic nitrogens is 1. The van der Waals surface area contributed by atoms with E-state index < -0.39 is 0 Å². The normalized spacial score (nSPS) is 10.9. The fourth-order valence-corrected chi connectivity index (χ4v) is 2.11. The number of rotatable bonds is 2. The Labute approximate surface area is 105 Å². The zero-order valence-corrected chi connectivity index (χ0v) is 10.8. The third-order valence-corrected chi connectivity index (χ3v) is 3.07. The molecule has 0 unspecified atom stereocenters. The molecule has 0 saturated carbocycles. The average Bonchev–Trinajstić information content (AvgIpc) is 2.26. The van der Waals surface area contributed by atoms with Crippen LogP contribution < -0.4 is 5.32 Å². The maximum atomic E-state index is 13.8. The molecule has 0 amide bonds. The molecule has 0 fully saturated rings. The number of aryl methyl sites for hydroxylation is 1. The van der Waals surface area contributed by atoms with Crippen molar-refractivity contribution < 1.29 is 4.39 Å². The second-order valence-corrected chi connectivity index (χ2v) is 4.45. The first-order chi connectivity index (χ1) is 8.04. The van der Waals surface area contributed by atoms with E-state index in [2.05, 4.69) is 10.3 Å². The zero-order chi connectivity index (χ0) is 12.6. The Bertz CT molecular complexity index is 581. The van der Waals surface area contributed by atoms with Crippen molar-refractivity contribution in [2.24, 2.45) is 0 Å². The summed E-state index contributed by atoms with van der Waals surface area (Å²) in [4.78, 5) is 4.29. The second kappa shape index (κ2) is 4.49. The molecule has 2 nitrogen and oxygen atoms in total. The Morgan fingerprint density at radius 3 is 2.71 bits per heavy atom. The minimum atomic E-state index is -0.380. The Balaban J connectivity index is 2.87. The van der Waals surface area contributed by atoms with Crippen LogP contribution in [-0.2, 0) is 0 Å². The van der Waals surface area contributed by atoms with Gasteiger partial charge in [-0.25, -0.2) is 9.37 Å². The van der Waals surface area contributed by atoms with Gasteiger partial charge in [0.2, 0.25) is 0 Å². The summed E-state index contributed by atoms with van der Waals surface area (Å²) in [6, 6.07) is 3.04. The molecule has 90 valence electrons. The van der Waals surface area contributed by atoms with Crippen LogP contribution in [-0.4, -0.2) is 11.5 Å². The molecular weight excluding hydrogens is 239 g/mol. The van der Waals surface area contributed by atoms with Crippen LogP contribution in [0.2, 0.25) is 5.02 Å². The minimum Gasteiger partial charge on any atom is -0.385 e. The first kappa shape index (κ1) is 12.1. The Morgan fingerprint density at radius 2 is 2.06 bits per heavy atom. The van der Waals surface area contributed by atoms with E-state index in [1.807, 2.05) is 20.8 Å². The first-order valence-corrected chi connectivity index (χ1v) is 5.92.